The first-order valence-electron chi connectivity index (χ1n) is 7.24. The van der Waals surface area contributed by atoms with E-state index in [1.165, 1.54) is 10.8 Å². The van der Waals surface area contributed by atoms with Crippen LogP contribution >= 0.6 is 0 Å². The maximum absolute atomic E-state index is 12.3. The predicted octanol–water partition coefficient (Wildman–Crippen LogP) is 2.51. The molecule has 1 aromatic carbocycles. The summed E-state index contributed by atoms with van der Waals surface area (Å²) in [6.45, 7) is 2.14. The molecule has 5 heteroatoms. The second-order valence-corrected chi connectivity index (χ2v) is 4.90. The Labute approximate surface area is 128 Å². The molecule has 1 heterocycles. The molecule has 1 unspecified atom stereocenters. The number of carboxylic acids is 1. The van der Waals surface area contributed by atoms with Gasteiger partial charge in [-0.25, -0.2) is 4.79 Å². The Hall–Kier alpha value is -2.56. The molecule has 5 nitrogen and oxygen atoms in total. The molecule has 0 amide bonds. The normalized spacial score (nSPS) is 11.9. The maximum atomic E-state index is 12.3. The highest BCUT2D eigenvalue weighted by Gasteiger charge is 2.21. The first-order chi connectivity index (χ1) is 10.6. The van der Waals surface area contributed by atoms with Crippen molar-refractivity contribution in [2.45, 2.75) is 25.8 Å². The third kappa shape index (κ3) is 3.75. The Balaban J connectivity index is 2.23. The Morgan fingerprint density at radius 3 is 2.59 bits per heavy atom. The topological polar surface area (TPSA) is 68.5 Å². The minimum absolute atomic E-state index is 0.177. The zero-order chi connectivity index (χ0) is 15.9. The van der Waals surface area contributed by atoms with Gasteiger partial charge in [-0.05, 0) is 37.5 Å². The van der Waals surface area contributed by atoms with Crippen molar-refractivity contribution in [2.24, 2.45) is 0 Å². The molecule has 2 rings (SSSR count). The van der Waals surface area contributed by atoms with Crippen LogP contribution in [0.25, 0.3) is 0 Å². The molecule has 0 saturated carbocycles. The molecule has 0 saturated heterocycles. The largest absolute Gasteiger partial charge is 0.488 e. The van der Waals surface area contributed by atoms with Gasteiger partial charge in [-0.1, -0.05) is 30.3 Å². The zero-order valence-electron chi connectivity index (χ0n) is 12.4. The Morgan fingerprint density at radius 2 is 1.95 bits per heavy atom. The highest BCUT2D eigenvalue weighted by atomic mass is 16.5. The van der Waals surface area contributed by atoms with E-state index < -0.39 is 17.6 Å². The van der Waals surface area contributed by atoms with Crippen molar-refractivity contribution in [3.05, 3.63) is 64.6 Å². The average molecular weight is 301 g/mol. The summed E-state index contributed by atoms with van der Waals surface area (Å²) in [6.07, 6.45) is 2.42. The highest BCUT2D eigenvalue weighted by Crippen LogP contribution is 2.16. The summed E-state index contributed by atoms with van der Waals surface area (Å²) < 4.78 is 6.48. The van der Waals surface area contributed by atoms with Crippen molar-refractivity contribution in [3.63, 3.8) is 0 Å². The smallest absolute Gasteiger partial charge is 0.326 e. The molecule has 116 valence electrons. The molecule has 2 aromatic rings. The van der Waals surface area contributed by atoms with Crippen LogP contribution < -0.4 is 10.3 Å². The third-order valence-corrected chi connectivity index (χ3v) is 3.41. The molecule has 0 aliphatic heterocycles. The minimum atomic E-state index is -1.02. The van der Waals surface area contributed by atoms with Crippen LogP contribution in [0, 0.1) is 0 Å². The second-order valence-electron chi connectivity index (χ2n) is 4.90. The lowest BCUT2D eigenvalue weighted by atomic mass is 10.1. The van der Waals surface area contributed by atoms with Crippen LogP contribution in [0.1, 0.15) is 24.9 Å². The van der Waals surface area contributed by atoms with Gasteiger partial charge in [0.1, 0.15) is 6.04 Å². The van der Waals surface area contributed by atoms with Crippen molar-refractivity contribution in [1.82, 2.24) is 4.57 Å². The Kier molecular flexibility index (Phi) is 5.36. The molecule has 0 fully saturated rings. The molecular weight excluding hydrogens is 282 g/mol. The molecular formula is C17H19NO4. The first kappa shape index (κ1) is 15.8. The maximum Gasteiger partial charge on any atom is 0.326 e. The van der Waals surface area contributed by atoms with Gasteiger partial charge in [0.15, 0.2) is 5.75 Å². The van der Waals surface area contributed by atoms with Gasteiger partial charge in [0, 0.05) is 6.20 Å². The fourth-order valence-electron chi connectivity index (χ4n) is 2.33. The van der Waals surface area contributed by atoms with E-state index >= 15 is 0 Å². The van der Waals surface area contributed by atoms with Crippen molar-refractivity contribution in [2.75, 3.05) is 6.61 Å². The number of pyridine rings is 1. The quantitative estimate of drug-likeness (QED) is 0.853. The van der Waals surface area contributed by atoms with Crippen molar-refractivity contribution in [3.8, 4) is 5.75 Å². The molecule has 1 N–H and O–H groups in total. The van der Waals surface area contributed by atoms with Crippen molar-refractivity contribution >= 4 is 5.97 Å². The fraction of sp³-hybridized carbons (Fsp3) is 0.294. The lowest BCUT2D eigenvalue weighted by Crippen LogP contribution is -2.30. The molecule has 0 aliphatic carbocycles. The Bertz CT molecular complexity index is 679. The monoisotopic (exact) mass is 301 g/mol. The summed E-state index contributed by atoms with van der Waals surface area (Å²) in [5, 5.41) is 9.45. The molecule has 22 heavy (non-hydrogen) atoms. The molecule has 0 bridgehead atoms. The van der Waals surface area contributed by atoms with Crippen molar-refractivity contribution < 1.29 is 14.6 Å². The number of carbonyl (C=O) groups is 1. The molecule has 0 aliphatic rings. The summed E-state index contributed by atoms with van der Waals surface area (Å²) in [6, 6.07) is 11.9. The van der Waals surface area contributed by atoms with E-state index in [1.54, 1.807) is 19.1 Å². The number of aryl methyl sites for hydroxylation is 1. The average Bonchev–Trinajstić information content (AvgIpc) is 2.52. The van der Waals surface area contributed by atoms with E-state index in [0.29, 0.717) is 19.4 Å². The van der Waals surface area contributed by atoms with Crippen LogP contribution in [-0.2, 0) is 11.2 Å². The van der Waals surface area contributed by atoms with Gasteiger partial charge < -0.3 is 9.84 Å². The SMILES string of the molecule is CCOc1cccn(C(CCc2ccccc2)C(=O)O)c1=O. The number of nitrogens with zero attached hydrogens (tertiary/aromatic N) is 1. The molecule has 0 spiro atoms. The number of hydrogen-bond acceptors (Lipinski definition) is 3. The van der Waals surface area contributed by atoms with Crippen LogP contribution in [0.5, 0.6) is 5.75 Å². The summed E-state index contributed by atoms with van der Waals surface area (Å²) in [4.78, 5) is 23.8. The van der Waals surface area contributed by atoms with Gasteiger partial charge in [0.25, 0.3) is 5.56 Å². The van der Waals surface area contributed by atoms with Crippen LogP contribution in [0.4, 0.5) is 0 Å². The Morgan fingerprint density at radius 1 is 1.23 bits per heavy atom. The van der Waals surface area contributed by atoms with Crippen LogP contribution in [0.15, 0.2) is 53.5 Å². The zero-order valence-corrected chi connectivity index (χ0v) is 12.4. The number of rotatable bonds is 7. The van der Waals surface area contributed by atoms with Gasteiger partial charge in [0.2, 0.25) is 0 Å². The van der Waals surface area contributed by atoms with Crippen LogP contribution in [0.3, 0.4) is 0 Å². The van der Waals surface area contributed by atoms with Gasteiger partial charge in [-0.2, -0.15) is 0 Å². The number of benzene rings is 1. The van der Waals surface area contributed by atoms with E-state index in [0.717, 1.165) is 5.56 Å². The lowest BCUT2D eigenvalue weighted by molar-refractivity contribution is -0.141. The number of ether oxygens (including phenoxy) is 1. The van der Waals surface area contributed by atoms with E-state index in [1.807, 2.05) is 30.3 Å². The first-order valence-corrected chi connectivity index (χ1v) is 7.24. The van der Waals surface area contributed by atoms with Gasteiger partial charge in [-0.15, -0.1) is 0 Å². The number of hydrogen-bond donors (Lipinski definition) is 1. The summed E-state index contributed by atoms with van der Waals surface area (Å²) in [5.74, 6) is -0.845. The van der Waals surface area contributed by atoms with Gasteiger partial charge in [0.05, 0.1) is 6.61 Å². The van der Waals surface area contributed by atoms with Crippen molar-refractivity contribution in [1.29, 1.82) is 0 Å². The molecule has 0 radical (unpaired) electrons. The highest BCUT2D eigenvalue weighted by molar-refractivity contribution is 5.71. The summed E-state index contributed by atoms with van der Waals surface area (Å²) in [5.41, 5.74) is 0.632. The fourth-order valence-corrected chi connectivity index (χ4v) is 2.33. The van der Waals surface area contributed by atoms with E-state index in [-0.39, 0.29) is 5.75 Å². The standard InChI is InChI=1S/C17H19NO4/c1-2-22-15-9-6-12-18(16(15)19)14(17(20)21)11-10-13-7-4-3-5-8-13/h3-9,12,14H,2,10-11H2,1H3,(H,20,21). The number of aromatic nitrogens is 1. The molecule has 1 aromatic heterocycles. The van der Waals surface area contributed by atoms with Gasteiger partial charge >= 0.3 is 5.97 Å². The predicted molar refractivity (Wildman–Crippen MR) is 83.3 cm³/mol. The van der Waals surface area contributed by atoms with Gasteiger partial charge in [-0.3, -0.25) is 9.36 Å². The number of aliphatic carboxylic acids is 1. The molecule has 1 atom stereocenters. The van der Waals surface area contributed by atoms with E-state index in [9.17, 15) is 14.7 Å². The summed E-state index contributed by atoms with van der Waals surface area (Å²) >= 11 is 0. The number of carboxylic acid groups (broad SMARTS) is 1. The second kappa shape index (κ2) is 7.45. The van der Waals surface area contributed by atoms with E-state index in [4.69, 9.17) is 4.74 Å². The minimum Gasteiger partial charge on any atom is -0.488 e. The van der Waals surface area contributed by atoms with E-state index in [2.05, 4.69) is 0 Å². The summed E-state index contributed by atoms with van der Waals surface area (Å²) in [7, 11) is 0. The van der Waals surface area contributed by atoms with Crippen LogP contribution in [0.2, 0.25) is 0 Å². The third-order valence-electron chi connectivity index (χ3n) is 3.41. The lowest BCUT2D eigenvalue weighted by Gasteiger charge is -2.16. The van der Waals surface area contributed by atoms with Crippen LogP contribution in [-0.4, -0.2) is 22.2 Å².